The molecule has 0 atom stereocenters. The van der Waals surface area contributed by atoms with E-state index in [0.717, 1.165) is 30.7 Å². The summed E-state index contributed by atoms with van der Waals surface area (Å²) in [6.45, 7) is 2.63. The SMILES string of the molecule is CCc1cc(CNC(=O)C2CCC2)[nH]n1. The van der Waals surface area contributed by atoms with Crippen LogP contribution in [0, 0.1) is 5.92 Å². The number of hydrogen-bond acceptors (Lipinski definition) is 2. The largest absolute Gasteiger partial charge is 0.350 e. The molecule has 1 fully saturated rings. The Balaban J connectivity index is 1.79. The van der Waals surface area contributed by atoms with Crippen molar-refractivity contribution in [3.05, 3.63) is 17.5 Å². The second-order valence-corrected chi connectivity index (χ2v) is 4.08. The predicted molar refractivity (Wildman–Crippen MR) is 57.2 cm³/mol. The third-order valence-electron chi connectivity index (χ3n) is 2.98. The topological polar surface area (TPSA) is 57.8 Å². The number of carbonyl (C=O) groups excluding carboxylic acids is 1. The summed E-state index contributed by atoms with van der Waals surface area (Å²) in [5, 5.41) is 9.97. The molecule has 1 heterocycles. The monoisotopic (exact) mass is 207 g/mol. The Morgan fingerprint density at radius 1 is 1.67 bits per heavy atom. The lowest BCUT2D eigenvalue weighted by molar-refractivity contribution is -0.127. The minimum Gasteiger partial charge on any atom is -0.350 e. The zero-order valence-corrected chi connectivity index (χ0v) is 9.05. The molecule has 1 aliphatic carbocycles. The third-order valence-corrected chi connectivity index (χ3v) is 2.98. The summed E-state index contributed by atoms with van der Waals surface area (Å²) in [5.74, 6) is 0.451. The highest BCUT2D eigenvalue weighted by atomic mass is 16.1. The van der Waals surface area contributed by atoms with Crippen LogP contribution < -0.4 is 5.32 Å². The number of nitrogens with one attached hydrogen (secondary N) is 2. The van der Waals surface area contributed by atoms with Gasteiger partial charge in [0.15, 0.2) is 0 Å². The van der Waals surface area contributed by atoms with Crippen molar-refractivity contribution in [3.63, 3.8) is 0 Å². The van der Waals surface area contributed by atoms with Crippen LogP contribution in [0.15, 0.2) is 6.07 Å². The summed E-state index contributed by atoms with van der Waals surface area (Å²) in [4.78, 5) is 11.5. The normalized spacial score (nSPS) is 16.1. The molecule has 0 saturated heterocycles. The maximum Gasteiger partial charge on any atom is 0.223 e. The molecular formula is C11H17N3O. The van der Waals surface area contributed by atoms with Crippen molar-refractivity contribution in [1.29, 1.82) is 0 Å². The first-order valence-electron chi connectivity index (χ1n) is 5.60. The standard InChI is InChI=1S/C11H17N3O/c1-2-9-6-10(14-13-9)7-12-11(15)8-4-3-5-8/h6,8H,2-5,7H2,1H3,(H,12,15)(H,13,14). The first kappa shape index (κ1) is 10.2. The van der Waals surface area contributed by atoms with Gasteiger partial charge in [0.05, 0.1) is 17.9 Å². The first-order valence-corrected chi connectivity index (χ1v) is 5.60. The summed E-state index contributed by atoms with van der Waals surface area (Å²) in [6, 6.07) is 2.00. The molecule has 0 radical (unpaired) electrons. The van der Waals surface area contributed by atoms with Crippen LogP contribution in [0.3, 0.4) is 0 Å². The Bertz CT molecular complexity index is 341. The fourth-order valence-electron chi connectivity index (χ4n) is 1.68. The molecule has 0 aliphatic heterocycles. The fraction of sp³-hybridized carbons (Fsp3) is 0.636. The summed E-state index contributed by atoms with van der Waals surface area (Å²) >= 11 is 0. The van der Waals surface area contributed by atoms with Gasteiger partial charge in [-0.1, -0.05) is 13.3 Å². The van der Waals surface area contributed by atoms with Gasteiger partial charge in [-0.2, -0.15) is 5.10 Å². The second kappa shape index (κ2) is 4.47. The first-order chi connectivity index (χ1) is 7.29. The summed E-state index contributed by atoms with van der Waals surface area (Å²) in [5.41, 5.74) is 2.03. The average molecular weight is 207 g/mol. The highest BCUT2D eigenvalue weighted by Crippen LogP contribution is 2.26. The minimum atomic E-state index is 0.189. The van der Waals surface area contributed by atoms with E-state index in [0.29, 0.717) is 6.54 Å². The Morgan fingerprint density at radius 2 is 2.47 bits per heavy atom. The van der Waals surface area contributed by atoms with Crippen LogP contribution in [0.25, 0.3) is 0 Å². The van der Waals surface area contributed by atoms with Crippen molar-refractivity contribution in [2.75, 3.05) is 0 Å². The summed E-state index contributed by atoms with van der Waals surface area (Å²) < 4.78 is 0. The number of amides is 1. The zero-order valence-electron chi connectivity index (χ0n) is 9.05. The molecule has 1 aromatic rings. The number of H-pyrrole nitrogens is 1. The number of carbonyl (C=O) groups is 1. The van der Waals surface area contributed by atoms with Crippen molar-refractivity contribution in [2.45, 2.75) is 39.2 Å². The predicted octanol–water partition coefficient (Wildman–Crippen LogP) is 1.39. The van der Waals surface area contributed by atoms with Gasteiger partial charge in [-0.05, 0) is 25.3 Å². The molecule has 0 aromatic carbocycles. The number of aromatic nitrogens is 2. The van der Waals surface area contributed by atoms with Gasteiger partial charge in [-0.15, -0.1) is 0 Å². The number of aryl methyl sites for hydroxylation is 1. The van der Waals surface area contributed by atoms with Crippen molar-refractivity contribution in [2.24, 2.45) is 5.92 Å². The summed E-state index contributed by atoms with van der Waals surface area (Å²) in [6.07, 6.45) is 4.22. The van der Waals surface area contributed by atoms with Crippen molar-refractivity contribution >= 4 is 5.91 Å². The Morgan fingerprint density at radius 3 is 3.00 bits per heavy atom. The lowest BCUT2D eigenvalue weighted by Gasteiger charge is -2.23. The maximum atomic E-state index is 11.5. The molecule has 15 heavy (non-hydrogen) atoms. The van der Waals surface area contributed by atoms with Gasteiger partial charge in [0.1, 0.15) is 0 Å². The van der Waals surface area contributed by atoms with Crippen molar-refractivity contribution in [1.82, 2.24) is 15.5 Å². The van der Waals surface area contributed by atoms with Crippen LogP contribution in [-0.4, -0.2) is 16.1 Å². The maximum absolute atomic E-state index is 11.5. The van der Waals surface area contributed by atoms with E-state index in [4.69, 9.17) is 0 Å². The van der Waals surface area contributed by atoms with Crippen LogP contribution in [0.2, 0.25) is 0 Å². The lowest BCUT2D eigenvalue weighted by atomic mass is 9.85. The van der Waals surface area contributed by atoms with Crippen molar-refractivity contribution < 1.29 is 4.79 Å². The van der Waals surface area contributed by atoms with E-state index in [2.05, 4.69) is 22.4 Å². The van der Waals surface area contributed by atoms with E-state index in [1.165, 1.54) is 6.42 Å². The highest BCUT2D eigenvalue weighted by Gasteiger charge is 2.24. The summed E-state index contributed by atoms with van der Waals surface area (Å²) in [7, 11) is 0. The molecule has 1 aromatic heterocycles. The third kappa shape index (κ3) is 2.37. The molecule has 4 nitrogen and oxygen atoms in total. The molecule has 0 bridgehead atoms. The highest BCUT2D eigenvalue weighted by molar-refractivity contribution is 5.79. The van der Waals surface area contributed by atoms with Crippen LogP contribution in [0.5, 0.6) is 0 Å². The van der Waals surface area contributed by atoms with E-state index in [9.17, 15) is 4.79 Å². The van der Waals surface area contributed by atoms with Gasteiger partial charge < -0.3 is 5.32 Å². The van der Waals surface area contributed by atoms with E-state index < -0.39 is 0 Å². The number of hydrogen-bond donors (Lipinski definition) is 2. The zero-order chi connectivity index (χ0) is 10.7. The molecule has 1 aliphatic rings. The van der Waals surface area contributed by atoms with Crippen LogP contribution in [0.4, 0.5) is 0 Å². The molecule has 2 rings (SSSR count). The van der Waals surface area contributed by atoms with E-state index in [1.807, 2.05) is 6.07 Å². The molecular weight excluding hydrogens is 190 g/mol. The Kier molecular flexibility index (Phi) is 3.04. The van der Waals surface area contributed by atoms with Gasteiger partial charge >= 0.3 is 0 Å². The molecule has 0 unspecified atom stereocenters. The Hall–Kier alpha value is -1.32. The lowest BCUT2D eigenvalue weighted by Crippen LogP contribution is -2.34. The van der Waals surface area contributed by atoms with Gasteiger partial charge in [0, 0.05) is 5.92 Å². The van der Waals surface area contributed by atoms with Gasteiger partial charge in [-0.3, -0.25) is 9.89 Å². The van der Waals surface area contributed by atoms with E-state index >= 15 is 0 Å². The quantitative estimate of drug-likeness (QED) is 0.783. The Labute approximate surface area is 89.5 Å². The van der Waals surface area contributed by atoms with Crippen LogP contribution in [0.1, 0.15) is 37.6 Å². The molecule has 4 heteroatoms. The van der Waals surface area contributed by atoms with Crippen molar-refractivity contribution in [3.8, 4) is 0 Å². The average Bonchev–Trinajstić information content (AvgIpc) is 2.59. The van der Waals surface area contributed by atoms with Gasteiger partial charge in [-0.25, -0.2) is 0 Å². The molecule has 1 amide bonds. The number of rotatable bonds is 4. The van der Waals surface area contributed by atoms with Crippen LogP contribution in [-0.2, 0) is 17.8 Å². The molecule has 82 valence electrons. The minimum absolute atomic E-state index is 0.189. The number of aromatic amines is 1. The molecule has 1 saturated carbocycles. The molecule has 2 N–H and O–H groups in total. The van der Waals surface area contributed by atoms with Gasteiger partial charge in [0.2, 0.25) is 5.91 Å². The fourth-order valence-corrected chi connectivity index (χ4v) is 1.68. The smallest absolute Gasteiger partial charge is 0.223 e. The van der Waals surface area contributed by atoms with E-state index in [-0.39, 0.29) is 11.8 Å². The van der Waals surface area contributed by atoms with Gasteiger partial charge in [0.25, 0.3) is 0 Å². The van der Waals surface area contributed by atoms with Crippen LogP contribution >= 0.6 is 0 Å². The number of nitrogens with zero attached hydrogens (tertiary/aromatic N) is 1. The molecule has 0 spiro atoms. The second-order valence-electron chi connectivity index (χ2n) is 4.08. The van der Waals surface area contributed by atoms with E-state index in [1.54, 1.807) is 0 Å².